The third kappa shape index (κ3) is 2.99. The second-order valence-corrected chi connectivity index (χ2v) is 6.05. The maximum Gasteiger partial charge on any atom is 0.278 e. The van der Waals surface area contributed by atoms with Crippen molar-refractivity contribution in [1.29, 1.82) is 0 Å². The Morgan fingerprint density at radius 1 is 1.47 bits per heavy atom. The minimum absolute atomic E-state index is 0.127. The molecule has 0 amide bonds. The lowest BCUT2D eigenvalue weighted by Gasteiger charge is -2.06. The van der Waals surface area contributed by atoms with Gasteiger partial charge in [0.1, 0.15) is 0 Å². The molecule has 100 valence electrons. The lowest BCUT2D eigenvalue weighted by molar-refractivity contribution is -0.386. The van der Waals surface area contributed by atoms with Gasteiger partial charge in [-0.1, -0.05) is 23.1 Å². The number of anilines is 1. The number of hydrogen-bond acceptors (Lipinski definition) is 8. The molecular formula is C10H11N5O2S2. The average molecular weight is 297 g/mol. The van der Waals surface area contributed by atoms with Crippen LogP contribution in [-0.2, 0) is 5.75 Å². The molecule has 0 bridgehead atoms. The van der Waals surface area contributed by atoms with Gasteiger partial charge in [-0.3, -0.25) is 15.1 Å². The van der Waals surface area contributed by atoms with E-state index in [0.717, 1.165) is 4.34 Å². The van der Waals surface area contributed by atoms with Crippen molar-refractivity contribution >= 4 is 33.9 Å². The molecule has 0 aliphatic rings. The standard InChI is InChI=1S/C10H11N5O2S2/c1-5-3-12-7(6(2)8(5)15(16)17)4-18-10-14-13-9(11)19-10/h3H,4H2,1-2H3,(H2,11,13). The first-order valence-electron chi connectivity index (χ1n) is 5.30. The Bertz CT molecular complexity index is 628. The smallest absolute Gasteiger partial charge is 0.278 e. The van der Waals surface area contributed by atoms with Crippen molar-refractivity contribution in [3.63, 3.8) is 0 Å². The number of aromatic nitrogens is 3. The fourth-order valence-electron chi connectivity index (χ4n) is 1.60. The van der Waals surface area contributed by atoms with Gasteiger partial charge in [-0.2, -0.15) is 0 Å². The summed E-state index contributed by atoms with van der Waals surface area (Å²) in [4.78, 5) is 14.9. The predicted molar refractivity (Wildman–Crippen MR) is 74.2 cm³/mol. The van der Waals surface area contributed by atoms with Gasteiger partial charge >= 0.3 is 0 Å². The molecule has 2 aromatic heterocycles. The zero-order valence-corrected chi connectivity index (χ0v) is 11.9. The topological polar surface area (TPSA) is 108 Å². The van der Waals surface area contributed by atoms with Crippen LogP contribution >= 0.6 is 23.1 Å². The molecule has 2 N–H and O–H groups in total. The Labute approximate surface area is 117 Å². The van der Waals surface area contributed by atoms with E-state index < -0.39 is 0 Å². The monoisotopic (exact) mass is 297 g/mol. The van der Waals surface area contributed by atoms with Crippen LogP contribution in [0.5, 0.6) is 0 Å². The summed E-state index contributed by atoms with van der Waals surface area (Å²) in [5.74, 6) is 0.502. The van der Waals surface area contributed by atoms with Crippen molar-refractivity contribution in [1.82, 2.24) is 15.2 Å². The van der Waals surface area contributed by atoms with Crippen molar-refractivity contribution in [2.45, 2.75) is 23.9 Å². The maximum atomic E-state index is 11.0. The normalized spacial score (nSPS) is 10.6. The van der Waals surface area contributed by atoms with Crippen LogP contribution in [0.4, 0.5) is 10.8 Å². The summed E-state index contributed by atoms with van der Waals surface area (Å²) in [7, 11) is 0. The summed E-state index contributed by atoms with van der Waals surface area (Å²) in [6, 6.07) is 0. The van der Waals surface area contributed by atoms with Crippen LogP contribution in [0.2, 0.25) is 0 Å². The van der Waals surface area contributed by atoms with E-state index in [1.54, 1.807) is 13.8 Å². The van der Waals surface area contributed by atoms with E-state index in [1.165, 1.54) is 29.3 Å². The number of rotatable bonds is 4. The molecule has 0 spiro atoms. The van der Waals surface area contributed by atoms with Crippen LogP contribution < -0.4 is 5.73 Å². The maximum absolute atomic E-state index is 11.0. The minimum atomic E-state index is -0.372. The molecule has 0 aliphatic heterocycles. The first kappa shape index (κ1) is 13.7. The number of aryl methyl sites for hydroxylation is 1. The molecule has 2 rings (SSSR count). The molecule has 2 heterocycles. The molecule has 7 nitrogen and oxygen atoms in total. The van der Waals surface area contributed by atoms with Crippen molar-refractivity contribution in [3.05, 3.63) is 33.1 Å². The fourth-order valence-corrected chi connectivity index (χ4v) is 3.26. The fraction of sp³-hybridized carbons (Fsp3) is 0.300. The van der Waals surface area contributed by atoms with E-state index >= 15 is 0 Å². The first-order valence-corrected chi connectivity index (χ1v) is 7.10. The van der Waals surface area contributed by atoms with Gasteiger partial charge in [0, 0.05) is 23.1 Å². The Morgan fingerprint density at radius 3 is 2.79 bits per heavy atom. The SMILES string of the molecule is Cc1cnc(CSc2nnc(N)s2)c(C)c1[N+](=O)[O-]. The van der Waals surface area contributed by atoms with Gasteiger partial charge in [0.15, 0.2) is 4.34 Å². The van der Waals surface area contributed by atoms with Gasteiger partial charge in [-0.05, 0) is 13.8 Å². The Kier molecular flexibility index (Phi) is 3.96. The first-order chi connectivity index (χ1) is 8.99. The van der Waals surface area contributed by atoms with Crippen molar-refractivity contribution in [2.24, 2.45) is 0 Å². The average Bonchev–Trinajstić information content (AvgIpc) is 2.74. The van der Waals surface area contributed by atoms with E-state index in [0.29, 0.717) is 27.7 Å². The molecule has 0 aliphatic carbocycles. The van der Waals surface area contributed by atoms with Crippen LogP contribution in [0.25, 0.3) is 0 Å². The number of nitrogens with zero attached hydrogens (tertiary/aromatic N) is 4. The van der Waals surface area contributed by atoms with E-state index in [2.05, 4.69) is 15.2 Å². The van der Waals surface area contributed by atoms with Gasteiger partial charge in [0.25, 0.3) is 5.69 Å². The summed E-state index contributed by atoms with van der Waals surface area (Å²) in [5.41, 5.74) is 7.45. The molecule has 0 fully saturated rings. The molecule has 19 heavy (non-hydrogen) atoms. The third-order valence-electron chi connectivity index (χ3n) is 2.51. The van der Waals surface area contributed by atoms with E-state index in [-0.39, 0.29) is 10.6 Å². The molecule has 2 aromatic rings. The van der Waals surface area contributed by atoms with E-state index in [1.807, 2.05) is 0 Å². The third-order valence-corrected chi connectivity index (χ3v) is 4.41. The highest BCUT2D eigenvalue weighted by molar-refractivity contribution is 8.00. The van der Waals surface area contributed by atoms with Crippen LogP contribution in [0.3, 0.4) is 0 Å². The Hall–Kier alpha value is -1.74. The quantitative estimate of drug-likeness (QED) is 0.524. The number of thioether (sulfide) groups is 1. The Morgan fingerprint density at radius 2 is 2.21 bits per heavy atom. The highest BCUT2D eigenvalue weighted by Gasteiger charge is 2.18. The lowest BCUT2D eigenvalue weighted by Crippen LogP contribution is -2.01. The molecule has 0 radical (unpaired) electrons. The molecular weight excluding hydrogens is 286 g/mol. The second kappa shape index (κ2) is 5.49. The summed E-state index contributed by atoms with van der Waals surface area (Å²) < 4.78 is 0.724. The van der Waals surface area contributed by atoms with Gasteiger partial charge < -0.3 is 5.73 Å². The van der Waals surface area contributed by atoms with Crippen LogP contribution in [0.1, 0.15) is 16.8 Å². The number of pyridine rings is 1. The van der Waals surface area contributed by atoms with Crippen molar-refractivity contribution < 1.29 is 4.92 Å². The summed E-state index contributed by atoms with van der Waals surface area (Å²) in [5, 5.41) is 19.0. The second-order valence-electron chi connectivity index (χ2n) is 3.81. The molecule has 0 atom stereocenters. The van der Waals surface area contributed by atoms with Crippen molar-refractivity contribution in [3.8, 4) is 0 Å². The summed E-state index contributed by atoms with van der Waals surface area (Å²) >= 11 is 2.70. The van der Waals surface area contributed by atoms with Gasteiger partial charge in [-0.15, -0.1) is 10.2 Å². The van der Waals surface area contributed by atoms with Gasteiger partial charge in [0.05, 0.1) is 10.6 Å². The van der Waals surface area contributed by atoms with Crippen LogP contribution in [-0.4, -0.2) is 20.1 Å². The van der Waals surface area contributed by atoms with Crippen LogP contribution in [0, 0.1) is 24.0 Å². The molecule has 9 heteroatoms. The highest BCUT2D eigenvalue weighted by Crippen LogP contribution is 2.30. The van der Waals surface area contributed by atoms with Crippen LogP contribution in [0.15, 0.2) is 10.5 Å². The summed E-state index contributed by atoms with van der Waals surface area (Å²) in [6.07, 6.45) is 1.52. The number of nitro groups is 1. The Balaban J connectivity index is 2.21. The largest absolute Gasteiger partial charge is 0.374 e. The number of nitrogens with two attached hydrogens (primary N) is 1. The summed E-state index contributed by atoms with van der Waals surface area (Å²) in [6.45, 7) is 3.39. The number of hydrogen-bond donors (Lipinski definition) is 1. The molecule has 0 saturated carbocycles. The van der Waals surface area contributed by atoms with Gasteiger partial charge in [0.2, 0.25) is 5.13 Å². The molecule has 0 aromatic carbocycles. The zero-order chi connectivity index (χ0) is 14.0. The predicted octanol–water partition coefficient (Wildman–Crippen LogP) is 2.33. The minimum Gasteiger partial charge on any atom is -0.374 e. The van der Waals surface area contributed by atoms with E-state index in [4.69, 9.17) is 5.73 Å². The highest BCUT2D eigenvalue weighted by atomic mass is 32.2. The number of nitrogen functional groups attached to an aromatic ring is 1. The molecule has 0 saturated heterocycles. The molecule has 0 unspecified atom stereocenters. The zero-order valence-electron chi connectivity index (χ0n) is 10.3. The van der Waals surface area contributed by atoms with Crippen molar-refractivity contribution in [2.75, 3.05) is 5.73 Å². The van der Waals surface area contributed by atoms with Gasteiger partial charge in [-0.25, -0.2) is 0 Å². The lowest BCUT2D eigenvalue weighted by atomic mass is 10.1. The van der Waals surface area contributed by atoms with E-state index in [9.17, 15) is 10.1 Å².